The molecule has 0 spiro atoms. The van der Waals surface area contributed by atoms with Gasteiger partial charge >= 0.3 is 0 Å². The van der Waals surface area contributed by atoms with Crippen LogP contribution in [0.1, 0.15) is 49.4 Å². The highest BCUT2D eigenvalue weighted by Gasteiger charge is 2.25. The summed E-state index contributed by atoms with van der Waals surface area (Å²) in [5.74, 6) is 1.23. The lowest BCUT2D eigenvalue weighted by atomic mass is 9.96. The first-order valence-electron chi connectivity index (χ1n) is 10.9. The highest BCUT2D eigenvalue weighted by Crippen LogP contribution is 2.26. The Morgan fingerprint density at radius 1 is 1.13 bits per heavy atom. The molecule has 1 amide bonds. The van der Waals surface area contributed by atoms with Crippen LogP contribution in [0.4, 0.5) is 5.69 Å². The van der Waals surface area contributed by atoms with E-state index in [-0.39, 0.29) is 10.8 Å². The number of rotatable bonds is 7. The van der Waals surface area contributed by atoms with Crippen molar-refractivity contribution in [2.24, 2.45) is 5.92 Å². The van der Waals surface area contributed by atoms with Crippen LogP contribution in [0, 0.1) is 5.92 Å². The van der Waals surface area contributed by atoms with E-state index in [9.17, 15) is 13.2 Å². The quantitative estimate of drug-likeness (QED) is 0.628. The number of hydrogen-bond donors (Lipinski definition) is 0. The van der Waals surface area contributed by atoms with Gasteiger partial charge in [0.1, 0.15) is 5.75 Å². The maximum atomic E-state index is 13.2. The standard InChI is InChI=1S/C24H32N2O4S/c1-4-7-19-8-6-16-26(17-15-19)24(27)20-9-5-10-23(18-20)31(28,29)25(2)21-11-13-22(30-3)14-12-21/h5,9-14,18-19H,4,6-8,15-17H2,1-3H3. The Labute approximate surface area is 185 Å². The van der Waals surface area contributed by atoms with Gasteiger partial charge in [0, 0.05) is 25.7 Å². The molecule has 1 aliphatic rings. The SMILES string of the molecule is CCCC1CCCN(C(=O)c2cccc(S(=O)(=O)N(C)c3ccc(OC)cc3)c2)CC1. The fraction of sp³-hybridized carbons (Fsp3) is 0.458. The molecule has 1 saturated heterocycles. The van der Waals surface area contributed by atoms with Gasteiger partial charge in [-0.2, -0.15) is 0 Å². The van der Waals surface area contributed by atoms with Gasteiger partial charge in [-0.3, -0.25) is 9.10 Å². The summed E-state index contributed by atoms with van der Waals surface area (Å²) in [6, 6.07) is 13.2. The maximum Gasteiger partial charge on any atom is 0.264 e. The molecule has 7 heteroatoms. The van der Waals surface area contributed by atoms with Crippen LogP contribution in [-0.4, -0.2) is 46.5 Å². The Kier molecular flexibility index (Phi) is 7.59. The number of methoxy groups -OCH3 is 1. The number of hydrogen-bond acceptors (Lipinski definition) is 4. The monoisotopic (exact) mass is 444 g/mol. The smallest absolute Gasteiger partial charge is 0.264 e. The van der Waals surface area contributed by atoms with Gasteiger partial charge in [-0.1, -0.05) is 25.8 Å². The van der Waals surface area contributed by atoms with Crippen LogP contribution >= 0.6 is 0 Å². The molecule has 0 aliphatic carbocycles. The van der Waals surface area contributed by atoms with Gasteiger partial charge in [-0.15, -0.1) is 0 Å². The largest absolute Gasteiger partial charge is 0.497 e. The Balaban J connectivity index is 1.78. The number of amides is 1. The molecule has 0 aromatic heterocycles. The van der Waals surface area contributed by atoms with Crippen molar-refractivity contribution in [3.63, 3.8) is 0 Å². The van der Waals surface area contributed by atoms with Crippen LogP contribution in [0.3, 0.4) is 0 Å². The number of carbonyl (C=O) groups is 1. The first-order valence-corrected chi connectivity index (χ1v) is 12.3. The number of nitrogens with zero attached hydrogens (tertiary/aromatic N) is 2. The zero-order chi connectivity index (χ0) is 22.4. The van der Waals surface area contributed by atoms with Crippen LogP contribution in [0.2, 0.25) is 0 Å². The van der Waals surface area contributed by atoms with E-state index in [0.717, 1.165) is 32.4 Å². The lowest BCUT2D eigenvalue weighted by molar-refractivity contribution is 0.0759. The Morgan fingerprint density at radius 3 is 2.55 bits per heavy atom. The van der Waals surface area contributed by atoms with E-state index in [1.54, 1.807) is 43.5 Å². The van der Waals surface area contributed by atoms with Crippen molar-refractivity contribution in [2.45, 2.75) is 43.9 Å². The van der Waals surface area contributed by atoms with Crippen LogP contribution in [0.25, 0.3) is 0 Å². The fourth-order valence-corrected chi connectivity index (χ4v) is 5.37. The number of sulfonamides is 1. The minimum absolute atomic E-state index is 0.0960. The van der Waals surface area contributed by atoms with Gasteiger partial charge in [0.15, 0.2) is 0 Å². The molecule has 0 saturated carbocycles. The Morgan fingerprint density at radius 2 is 1.87 bits per heavy atom. The lowest BCUT2D eigenvalue weighted by Gasteiger charge is -2.22. The van der Waals surface area contributed by atoms with Crippen LogP contribution in [0.5, 0.6) is 5.75 Å². The van der Waals surface area contributed by atoms with Crippen LogP contribution in [0.15, 0.2) is 53.4 Å². The number of anilines is 1. The van der Waals surface area contributed by atoms with Crippen molar-refractivity contribution in [3.8, 4) is 5.75 Å². The molecular weight excluding hydrogens is 412 g/mol. The summed E-state index contributed by atoms with van der Waals surface area (Å²) in [7, 11) is -0.730. The normalized spacial score (nSPS) is 17.1. The van der Waals surface area contributed by atoms with Crippen LogP contribution < -0.4 is 9.04 Å². The molecular formula is C24H32N2O4S. The fourth-order valence-electron chi connectivity index (χ4n) is 4.13. The molecule has 1 aliphatic heterocycles. The molecule has 0 bridgehead atoms. The summed E-state index contributed by atoms with van der Waals surface area (Å²) >= 11 is 0. The van der Waals surface area contributed by atoms with Crippen molar-refractivity contribution in [2.75, 3.05) is 31.6 Å². The highest BCUT2D eigenvalue weighted by molar-refractivity contribution is 7.92. The van der Waals surface area contributed by atoms with Crippen molar-refractivity contribution >= 4 is 21.6 Å². The molecule has 1 fully saturated rings. The molecule has 2 aromatic rings. The number of benzene rings is 2. The van der Waals surface area contributed by atoms with Gasteiger partial charge in [-0.05, 0) is 67.6 Å². The average molecular weight is 445 g/mol. The average Bonchev–Trinajstić information content (AvgIpc) is 3.04. The first kappa shape index (κ1) is 23.1. The second-order valence-corrected chi connectivity index (χ2v) is 10.0. The Hall–Kier alpha value is -2.54. The molecule has 0 radical (unpaired) electrons. The number of ether oxygens (including phenoxy) is 1. The predicted molar refractivity (Wildman–Crippen MR) is 123 cm³/mol. The minimum Gasteiger partial charge on any atom is -0.497 e. The Bertz CT molecular complexity index is 989. The van der Waals surface area contributed by atoms with E-state index >= 15 is 0 Å². The molecule has 168 valence electrons. The first-order chi connectivity index (χ1) is 14.9. The molecule has 1 atom stereocenters. The van der Waals surface area contributed by atoms with Gasteiger partial charge < -0.3 is 9.64 Å². The van der Waals surface area contributed by atoms with Gasteiger partial charge in [-0.25, -0.2) is 8.42 Å². The maximum absolute atomic E-state index is 13.2. The van der Waals surface area contributed by atoms with E-state index in [1.165, 1.54) is 36.3 Å². The molecule has 1 unspecified atom stereocenters. The summed E-state index contributed by atoms with van der Waals surface area (Å²) in [5.41, 5.74) is 0.935. The number of likely N-dealkylation sites (tertiary alicyclic amines) is 1. The third-order valence-electron chi connectivity index (χ3n) is 6.01. The molecule has 1 heterocycles. The molecule has 6 nitrogen and oxygen atoms in total. The summed E-state index contributed by atoms with van der Waals surface area (Å²) in [5, 5.41) is 0. The van der Waals surface area contributed by atoms with E-state index in [4.69, 9.17) is 4.74 Å². The van der Waals surface area contributed by atoms with E-state index in [2.05, 4.69) is 6.92 Å². The minimum atomic E-state index is -3.80. The predicted octanol–water partition coefficient (Wildman–Crippen LogP) is 4.56. The van der Waals surface area contributed by atoms with Gasteiger partial charge in [0.25, 0.3) is 15.9 Å². The summed E-state index contributed by atoms with van der Waals surface area (Å²) in [4.78, 5) is 15.1. The van der Waals surface area contributed by atoms with Crippen molar-refractivity contribution < 1.29 is 17.9 Å². The third kappa shape index (κ3) is 5.39. The second kappa shape index (κ2) is 10.2. The topological polar surface area (TPSA) is 66.9 Å². The lowest BCUT2D eigenvalue weighted by Crippen LogP contribution is -2.32. The van der Waals surface area contributed by atoms with E-state index in [0.29, 0.717) is 22.9 Å². The zero-order valence-corrected chi connectivity index (χ0v) is 19.4. The molecule has 0 N–H and O–H groups in total. The molecule has 3 rings (SSSR count). The van der Waals surface area contributed by atoms with E-state index in [1.807, 2.05) is 4.90 Å². The third-order valence-corrected chi connectivity index (χ3v) is 7.79. The second-order valence-electron chi connectivity index (χ2n) is 8.08. The van der Waals surface area contributed by atoms with Gasteiger partial charge in [0.05, 0.1) is 17.7 Å². The summed E-state index contributed by atoms with van der Waals surface area (Å²) in [6.07, 6.45) is 5.53. The highest BCUT2D eigenvalue weighted by atomic mass is 32.2. The van der Waals surface area contributed by atoms with Crippen molar-refractivity contribution in [1.82, 2.24) is 4.90 Å². The zero-order valence-electron chi connectivity index (χ0n) is 18.6. The summed E-state index contributed by atoms with van der Waals surface area (Å²) < 4.78 is 32.7. The van der Waals surface area contributed by atoms with Crippen molar-refractivity contribution in [3.05, 3.63) is 54.1 Å². The molecule has 31 heavy (non-hydrogen) atoms. The molecule has 2 aromatic carbocycles. The number of carbonyl (C=O) groups excluding carboxylic acids is 1. The van der Waals surface area contributed by atoms with Crippen LogP contribution in [-0.2, 0) is 10.0 Å². The summed E-state index contributed by atoms with van der Waals surface area (Å²) in [6.45, 7) is 3.65. The van der Waals surface area contributed by atoms with Crippen molar-refractivity contribution in [1.29, 1.82) is 0 Å². The van der Waals surface area contributed by atoms with Gasteiger partial charge in [0.2, 0.25) is 0 Å². The van der Waals surface area contributed by atoms with E-state index < -0.39 is 10.0 Å².